The zero-order chi connectivity index (χ0) is 31.1. The molecule has 0 bridgehead atoms. The number of benzene rings is 3. The molecule has 1 amide bonds. The number of piperidine rings is 1. The summed E-state index contributed by atoms with van der Waals surface area (Å²) < 4.78 is 60.9. The van der Waals surface area contributed by atoms with Crippen molar-refractivity contribution >= 4 is 38.4 Å². The van der Waals surface area contributed by atoms with Crippen LogP contribution in [0.25, 0.3) is 22.3 Å². The number of anilines is 1. The number of hydrogen-bond acceptors (Lipinski definition) is 6. The van der Waals surface area contributed by atoms with E-state index >= 15 is 0 Å². The maximum Gasteiger partial charge on any atom is 0.244 e. The summed E-state index contributed by atoms with van der Waals surface area (Å²) in [5.74, 6) is -1.67. The molecule has 0 unspecified atom stereocenters. The summed E-state index contributed by atoms with van der Waals surface area (Å²) >= 11 is 0. The van der Waals surface area contributed by atoms with Crippen LogP contribution in [0.5, 0.6) is 0 Å². The number of halogens is 2. The topological polar surface area (TPSA) is 114 Å². The molecule has 2 heterocycles. The Labute approximate surface area is 249 Å². The van der Waals surface area contributed by atoms with Crippen molar-refractivity contribution in [2.45, 2.75) is 38.1 Å². The molecule has 1 saturated heterocycles. The molecule has 1 fully saturated rings. The van der Waals surface area contributed by atoms with Gasteiger partial charge in [-0.25, -0.2) is 17.2 Å². The van der Waals surface area contributed by atoms with E-state index in [9.17, 15) is 26.8 Å². The van der Waals surface area contributed by atoms with E-state index in [4.69, 9.17) is 10.2 Å². The third kappa shape index (κ3) is 5.92. The Bertz CT molecular complexity index is 1800. The molecule has 1 aliphatic rings. The predicted molar refractivity (Wildman–Crippen MR) is 161 cm³/mol. The van der Waals surface area contributed by atoms with E-state index in [1.165, 1.54) is 49.5 Å². The average Bonchev–Trinajstić information content (AvgIpc) is 3.37. The minimum atomic E-state index is -3.71. The smallest absolute Gasteiger partial charge is 0.244 e. The summed E-state index contributed by atoms with van der Waals surface area (Å²) in [5.41, 5.74) is 8.41. The van der Waals surface area contributed by atoms with Gasteiger partial charge >= 0.3 is 0 Å². The molecule has 1 aromatic heterocycles. The van der Waals surface area contributed by atoms with Gasteiger partial charge in [-0.2, -0.15) is 0 Å². The second-order valence-corrected chi connectivity index (χ2v) is 12.9. The van der Waals surface area contributed by atoms with Crippen LogP contribution in [0.1, 0.15) is 59.6 Å². The van der Waals surface area contributed by atoms with E-state index in [1.807, 2.05) is 0 Å². The molecule has 8 nitrogen and oxygen atoms in total. The van der Waals surface area contributed by atoms with Crippen LogP contribution in [0, 0.1) is 11.6 Å². The Morgan fingerprint density at radius 3 is 2.47 bits per heavy atom. The van der Waals surface area contributed by atoms with Gasteiger partial charge in [0.1, 0.15) is 29.0 Å². The Morgan fingerprint density at radius 2 is 1.81 bits per heavy atom. The van der Waals surface area contributed by atoms with Gasteiger partial charge < -0.3 is 15.1 Å². The first-order chi connectivity index (χ1) is 20.4. The molecule has 0 aliphatic carbocycles. The van der Waals surface area contributed by atoms with Gasteiger partial charge in [0.15, 0.2) is 5.78 Å². The zero-order valence-electron chi connectivity index (χ0n) is 24.1. The molecule has 226 valence electrons. The van der Waals surface area contributed by atoms with Crippen LogP contribution in [0.15, 0.2) is 65.1 Å². The molecule has 5 rings (SSSR count). The number of rotatable bonds is 8. The first-order valence-corrected chi connectivity index (χ1v) is 15.9. The van der Waals surface area contributed by atoms with Crippen molar-refractivity contribution < 1.29 is 31.2 Å². The van der Waals surface area contributed by atoms with Crippen molar-refractivity contribution in [2.75, 3.05) is 30.7 Å². The molecular weight excluding hydrogens is 576 g/mol. The van der Waals surface area contributed by atoms with Crippen molar-refractivity contribution in [1.29, 1.82) is 0 Å². The van der Waals surface area contributed by atoms with Crippen LogP contribution < -0.4 is 10.0 Å². The Hall–Kier alpha value is -4.09. The number of nitrogens with two attached hydrogens (primary N) is 1. The molecule has 2 atom stereocenters. The van der Waals surface area contributed by atoms with Crippen molar-refractivity contribution in [3.63, 3.8) is 0 Å². The molecule has 1 aliphatic heterocycles. The maximum atomic E-state index is 14.4. The van der Waals surface area contributed by atoms with Gasteiger partial charge in [-0.3, -0.25) is 13.9 Å². The standard InChI is InChI=1S/C32H33F2N3O5S/c1-4-27(38)29-24-16-23(20-8-7-15-37(18-20)32(39)30(35)22-9-5-6-10-25(22)34)26(36(2)43(3,40)41)17-28(24)42-31(29)19-11-13-21(33)14-12-19/h5-6,9-14,16-17,20,30H,4,7-8,15,18,35H2,1-3H3/t20-,30-/m1/s1. The molecule has 4 aromatic rings. The molecule has 0 spiro atoms. The van der Waals surface area contributed by atoms with Crippen LogP contribution in [0.2, 0.25) is 0 Å². The number of carbonyl (C=O) groups excluding carboxylic acids is 2. The van der Waals surface area contributed by atoms with Crippen molar-refractivity contribution in [1.82, 2.24) is 4.90 Å². The molecule has 3 aromatic carbocycles. The average molecular weight is 610 g/mol. The SMILES string of the molecule is CCC(=O)c1c(-c2ccc(F)cc2)oc2cc(N(C)S(C)(=O)=O)c([C@@H]3CCCN(C(=O)[C@H](N)c4ccccc4F)C3)cc12. The fourth-order valence-corrected chi connectivity index (χ4v) is 6.19. The summed E-state index contributed by atoms with van der Waals surface area (Å²) in [6.07, 6.45) is 2.51. The lowest BCUT2D eigenvalue weighted by Gasteiger charge is -2.36. The largest absolute Gasteiger partial charge is 0.455 e. The van der Waals surface area contributed by atoms with Crippen LogP contribution in [-0.4, -0.2) is 51.4 Å². The highest BCUT2D eigenvalue weighted by Crippen LogP contribution is 2.42. The summed E-state index contributed by atoms with van der Waals surface area (Å²) in [6.45, 7) is 2.36. The van der Waals surface area contributed by atoms with Gasteiger partial charge in [0.2, 0.25) is 15.9 Å². The van der Waals surface area contributed by atoms with Gasteiger partial charge in [0.05, 0.1) is 17.5 Å². The molecule has 0 saturated carbocycles. The first kappa shape index (κ1) is 30.4. The van der Waals surface area contributed by atoms with Crippen LogP contribution in [0.4, 0.5) is 14.5 Å². The highest BCUT2D eigenvalue weighted by atomic mass is 32.2. The number of Topliss-reactive ketones (excluding diaryl/α,β-unsaturated/α-hetero) is 1. The fourth-order valence-electron chi connectivity index (χ4n) is 5.67. The third-order valence-corrected chi connectivity index (χ3v) is 9.25. The normalized spacial score (nSPS) is 16.3. The van der Waals surface area contributed by atoms with E-state index in [1.54, 1.807) is 30.0 Å². The van der Waals surface area contributed by atoms with E-state index in [0.717, 1.165) is 10.6 Å². The minimum absolute atomic E-state index is 0.1000. The number of hydrogen-bond donors (Lipinski definition) is 1. The first-order valence-electron chi connectivity index (χ1n) is 14.0. The maximum absolute atomic E-state index is 14.4. The summed E-state index contributed by atoms with van der Waals surface area (Å²) in [6, 6.07) is 13.6. The lowest BCUT2D eigenvalue weighted by molar-refractivity contribution is -0.134. The van der Waals surface area contributed by atoms with Crippen molar-refractivity contribution in [3.05, 3.63) is 89.0 Å². The zero-order valence-corrected chi connectivity index (χ0v) is 25.0. The lowest BCUT2D eigenvalue weighted by atomic mass is 9.87. The number of carbonyl (C=O) groups is 2. The van der Waals surface area contributed by atoms with Crippen molar-refractivity contribution in [3.8, 4) is 11.3 Å². The highest BCUT2D eigenvalue weighted by Gasteiger charge is 2.33. The van der Waals surface area contributed by atoms with Gasteiger partial charge in [-0.05, 0) is 54.8 Å². The summed E-state index contributed by atoms with van der Waals surface area (Å²) in [5, 5.41) is 0.498. The molecule has 43 heavy (non-hydrogen) atoms. The van der Waals surface area contributed by atoms with E-state index in [0.29, 0.717) is 52.7 Å². The predicted octanol–water partition coefficient (Wildman–Crippen LogP) is 5.77. The van der Waals surface area contributed by atoms with Gasteiger partial charge in [0.25, 0.3) is 0 Å². The second kappa shape index (κ2) is 11.9. The van der Waals surface area contributed by atoms with E-state index in [2.05, 4.69) is 0 Å². The van der Waals surface area contributed by atoms with Crippen LogP contribution in [-0.2, 0) is 14.8 Å². The van der Waals surface area contributed by atoms with Crippen molar-refractivity contribution in [2.24, 2.45) is 5.73 Å². The third-order valence-electron chi connectivity index (χ3n) is 8.06. The molecule has 11 heteroatoms. The Kier molecular flexibility index (Phi) is 8.40. The second-order valence-electron chi connectivity index (χ2n) is 10.9. The number of likely N-dealkylation sites (tertiary alicyclic amines) is 1. The quantitative estimate of drug-likeness (QED) is 0.254. The minimum Gasteiger partial charge on any atom is -0.455 e. The van der Waals surface area contributed by atoms with Crippen LogP contribution in [0.3, 0.4) is 0 Å². The number of fused-ring (bicyclic) bond motifs is 1. The summed E-state index contributed by atoms with van der Waals surface area (Å²) in [4.78, 5) is 28.3. The lowest BCUT2D eigenvalue weighted by Crippen LogP contribution is -2.44. The number of sulfonamides is 1. The molecule has 0 radical (unpaired) electrons. The monoisotopic (exact) mass is 609 g/mol. The van der Waals surface area contributed by atoms with Gasteiger partial charge in [-0.15, -0.1) is 0 Å². The highest BCUT2D eigenvalue weighted by molar-refractivity contribution is 7.92. The molecule has 2 N–H and O–H groups in total. The Morgan fingerprint density at radius 1 is 1.12 bits per heavy atom. The fraction of sp³-hybridized carbons (Fsp3) is 0.312. The number of ketones is 1. The van der Waals surface area contributed by atoms with Gasteiger partial charge in [0, 0.05) is 55.1 Å². The number of furan rings is 1. The summed E-state index contributed by atoms with van der Waals surface area (Å²) in [7, 11) is -2.28. The number of nitrogens with zero attached hydrogens (tertiary/aromatic N) is 2. The Balaban J connectivity index is 1.62. The molecular formula is C32H33F2N3O5S. The van der Waals surface area contributed by atoms with Crippen LogP contribution >= 0.6 is 0 Å². The number of amides is 1. The van der Waals surface area contributed by atoms with Gasteiger partial charge in [-0.1, -0.05) is 25.1 Å². The van der Waals surface area contributed by atoms with E-state index in [-0.39, 0.29) is 36.0 Å². The van der Waals surface area contributed by atoms with E-state index < -0.39 is 33.6 Å².